The van der Waals surface area contributed by atoms with Crippen molar-refractivity contribution in [3.63, 3.8) is 0 Å². The number of hydrogen-bond acceptors (Lipinski definition) is 4. The standard InChI is InChI=1S/C20H20N2O4/c1-22(12-6-11-19(23)21-25)20(24)26-13-18-16-9-4-2-7-14(16)15-8-3-5-10-17(15)18/h2-5,7-10,18H,6,11-13H2,1H3. The van der Waals surface area contributed by atoms with E-state index in [1.807, 2.05) is 24.3 Å². The van der Waals surface area contributed by atoms with Crippen LogP contribution in [0.2, 0.25) is 0 Å². The van der Waals surface area contributed by atoms with Crippen molar-refractivity contribution >= 4 is 12.0 Å². The Hall–Kier alpha value is -3.02. The molecule has 134 valence electrons. The van der Waals surface area contributed by atoms with Gasteiger partial charge in [0.25, 0.3) is 5.91 Å². The Balaban J connectivity index is 1.62. The van der Waals surface area contributed by atoms with Crippen LogP contribution in [0.3, 0.4) is 0 Å². The zero-order valence-corrected chi connectivity index (χ0v) is 14.6. The number of fused-ring (bicyclic) bond motifs is 3. The average molecular weight is 352 g/mol. The Morgan fingerprint density at radius 1 is 1.04 bits per heavy atom. The van der Waals surface area contributed by atoms with Gasteiger partial charge in [-0.05, 0) is 28.7 Å². The van der Waals surface area contributed by atoms with Crippen molar-refractivity contribution in [1.29, 1.82) is 0 Å². The number of rotatable bonds is 6. The third kappa shape index (κ3) is 3.64. The zero-order valence-electron chi connectivity index (χ0n) is 14.6. The summed E-state index contributed by atoms with van der Waals surface area (Å²) in [5.74, 6) is -0.688. The van der Waals surface area contributed by atoms with Crippen LogP contribution in [0.15, 0.2) is 53.7 Å². The summed E-state index contributed by atoms with van der Waals surface area (Å²) in [6.45, 7) is 0.587. The van der Waals surface area contributed by atoms with E-state index in [0.717, 1.165) is 11.1 Å². The van der Waals surface area contributed by atoms with Crippen molar-refractivity contribution in [3.8, 4) is 11.1 Å². The highest BCUT2D eigenvalue weighted by Gasteiger charge is 2.29. The van der Waals surface area contributed by atoms with Gasteiger partial charge in [-0.3, -0.25) is 4.79 Å². The maximum absolute atomic E-state index is 12.2. The summed E-state index contributed by atoms with van der Waals surface area (Å²) in [6.07, 6.45) is -0.0335. The molecule has 0 fully saturated rings. The molecule has 0 N–H and O–H groups in total. The van der Waals surface area contributed by atoms with Gasteiger partial charge in [-0.15, -0.1) is 4.91 Å². The largest absolute Gasteiger partial charge is 0.448 e. The summed E-state index contributed by atoms with van der Waals surface area (Å²) >= 11 is 0. The molecule has 1 aliphatic carbocycles. The van der Waals surface area contributed by atoms with E-state index < -0.39 is 12.0 Å². The molecule has 6 nitrogen and oxygen atoms in total. The molecule has 0 spiro atoms. The summed E-state index contributed by atoms with van der Waals surface area (Å²) in [6, 6.07) is 16.3. The highest BCUT2D eigenvalue weighted by molar-refractivity contribution is 5.79. The van der Waals surface area contributed by atoms with Crippen molar-refractivity contribution in [2.45, 2.75) is 18.8 Å². The number of benzene rings is 2. The molecule has 2 aromatic rings. The second kappa shape index (κ2) is 7.91. The lowest BCUT2D eigenvalue weighted by Gasteiger charge is -2.19. The number of carbonyl (C=O) groups excluding carboxylic acids is 2. The van der Waals surface area contributed by atoms with E-state index >= 15 is 0 Å². The minimum atomic E-state index is -0.703. The Bertz CT molecular complexity index is 789. The fraction of sp³-hybridized carbons (Fsp3) is 0.300. The number of nitrogens with zero attached hydrogens (tertiary/aromatic N) is 2. The summed E-state index contributed by atoms with van der Waals surface area (Å²) in [4.78, 5) is 34.6. The van der Waals surface area contributed by atoms with Crippen molar-refractivity contribution in [2.75, 3.05) is 20.2 Å². The predicted molar refractivity (Wildman–Crippen MR) is 97.7 cm³/mol. The second-order valence-electron chi connectivity index (χ2n) is 6.31. The number of amides is 2. The topological polar surface area (TPSA) is 76.0 Å². The maximum atomic E-state index is 12.2. The smallest absolute Gasteiger partial charge is 0.409 e. The van der Waals surface area contributed by atoms with Crippen LogP contribution in [0, 0.1) is 4.91 Å². The third-order valence-electron chi connectivity index (χ3n) is 4.63. The number of carbonyl (C=O) groups is 2. The van der Waals surface area contributed by atoms with Crippen molar-refractivity contribution < 1.29 is 14.3 Å². The lowest BCUT2D eigenvalue weighted by Crippen LogP contribution is -2.30. The van der Waals surface area contributed by atoms with Crippen LogP contribution in [0.1, 0.15) is 29.9 Å². The van der Waals surface area contributed by atoms with Crippen LogP contribution < -0.4 is 0 Å². The Morgan fingerprint density at radius 3 is 2.19 bits per heavy atom. The van der Waals surface area contributed by atoms with E-state index in [1.165, 1.54) is 16.0 Å². The average Bonchev–Trinajstić information content (AvgIpc) is 2.99. The van der Waals surface area contributed by atoms with E-state index in [2.05, 4.69) is 29.4 Å². The summed E-state index contributed by atoms with van der Waals surface area (Å²) < 4.78 is 5.50. The van der Waals surface area contributed by atoms with E-state index in [4.69, 9.17) is 4.74 Å². The molecule has 3 rings (SSSR count). The Labute approximate surface area is 151 Å². The molecule has 0 aliphatic heterocycles. The van der Waals surface area contributed by atoms with Gasteiger partial charge < -0.3 is 9.64 Å². The lowest BCUT2D eigenvalue weighted by molar-refractivity contribution is -0.118. The number of hydrogen-bond donors (Lipinski definition) is 0. The van der Waals surface area contributed by atoms with E-state index in [0.29, 0.717) is 13.0 Å². The zero-order chi connectivity index (χ0) is 18.5. The van der Waals surface area contributed by atoms with Crippen LogP contribution >= 0.6 is 0 Å². The first-order valence-electron chi connectivity index (χ1n) is 8.54. The summed E-state index contributed by atoms with van der Waals surface area (Å²) in [5.41, 5.74) is 4.67. The molecule has 0 heterocycles. The molecule has 0 atom stereocenters. The van der Waals surface area contributed by atoms with Crippen LogP contribution in [0.5, 0.6) is 0 Å². The predicted octanol–water partition coefficient (Wildman–Crippen LogP) is 3.94. The molecule has 0 saturated carbocycles. The van der Waals surface area contributed by atoms with Crippen LogP contribution in [0.4, 0.5) is 4.79 Å². The van der Waals surface area contributed by atoms with Crippen molar-refractivity contribution in [3.05, 3.63) is 64.6 Å². The van der Waals surface area contributed by atoms with Gasteiger partial charge in [-0.1, -0.05) is 48.5 Å². The van der Waals surface area contributed by atoms with Crippen molar-refractivity contribution in [2.24, 2.45) is 5.18 Å². The third-order valence-corrected chi connectivity index (χ3v) is 4.63. The molecular formula is C20H20N2O4. The first-order chi connectivity index (χ1) is 12.6. The molecule has 6 heteroatoms. The van der Waals surface area contributed by atoms with E-state index in [-0.39, 0.29) is 18.9 Å². The van der Waals surface area contributed by atoms with Crippen LogP contribution in [0.25, 0.3) is 11.1 Å². The van der Waals surface area contributed by atoms with Gasteiger partial charge in [0.15, 0.2) is 0 Å². The molecule has 0 bridgehead atoms. The van der Waals surface area contributed by atoms with Gasteiger partial charge in [-0.25, -0.2) is 4.79 Å². The van der Waals surface area contributed by atoms with Gasteiger partial charge in [0.05, 0.1) is 0 Å². The SMILES string of the molecule is CN(CCCC(=O)N=O)C(=O)OCC1c2ccccc2-c2ccccc21. The lowest BCUT2D eigenvalue weighted by atomic mass is 9.98. The molecule has 0 aromatic heterocycles. The Morgan fingerprint density at radius 2 is 1.62 bits per heavy atom. The summed E-state index contributed by atoms with van der Waals surface area (Å²) in [7, 11) is 1.61. The molecule has 2 amide bonds. The molecule has 2 aromatic carbocycles. The fourth-order valence-electron chi connectivity index (χ4n) is 3.31. The Kier molecular flexibility index (Phi) is 5.41. The normalized spacial score (nSPS) is 12.2. The van der Waals surface area contributed by atoms with Gasteiger partial charge in [0.1, 0.15) is 6.61 Å². The molecule has 26 heavy (non-hydrogen) atoms. The quantitative estimate of drug-likeness (QED) is 0.738. The first kappa shape index (κ1) is 17.8. The van der Waals surface area contributed by atoms with Gasteiger partial charge in [-0.2, -0.15) is 0 Å². The molecule has 0 radical (unpaired) electrons. The summed E-state index contributed by atoms with van der Waals surface area (Å²) in [5, 5.41) is 2.34. The van der Waals surface area contributed by atoms with E-state index in [9.17, 15) is 14.5 Å². The minimum absolute atomic E-state index is 0.0144. The highest BCUT2D eigenvalue weighted by Crippen LogP contribution is 2.44. The van der Waals surface area contributed by atoms with Crippen LogP contribution in [-0.2, 0) is 9.53 Å². The van der Waals surface area contributed by atoms with Crippen molar-refractivity contribution in [1.82, 2.24) is 4.90 Å². The van der Waals surface area contributed by atoms with Gasteiger partial charge in [0, 0.05) is 31.1 Å². The fourth-order valence-corrected chi connectivity index (χ4v) is 3.31. The molecular weight excluding hydrogens is 332 g/mol. The maximum Gasteiger partial charge on any atom is 0.409 e. The van der Waals surface area contributed by atoms with Gasteiger partial charge in [0.2, 0.25) is 0 Å². The van der Waals surface area contributed by atoms with E-state index in [1.54, 1.807) is 7.05 Å². The molecule has 1 aliphatic rings. The first-order valence-corrected chi connectivity index (χ1v) is 8.54. The van der Waals surface area contributed by atoms with Gasteiger partial charge >= 0.3 is 6.09 Å². The molecule has 0 unspecified atom stereocenters. The molecule has 0 saturated heterocycles. The number of nitroso groups, excluding NO2 is 1. The monoisotopic (exact) mass is 352 g/mol. The number of ether oxygens (including phenoxy) is 1. The van der Waals surface area contributed by atoms with Crippen LogP contribution in [-0.4, -0.2) is 37.1 Å². The minimum Gasteiger partial charge on any atom is -0.448 e. The second-order valence-corrected chi connectivity index (χ2v) is 6.31. The highest BCUT2D eigenvalue weighted by atomic mass is 16.6.